The van der Waals surface area contributed by atoms with Crippen molar-refractivity contribution >= 4 is 35.0 Å². The first-order chi connectivity index (χ1) is 10.1. The molecule has 1 amide bonds. The van der Waals surface area contributed by atoms with Gasteiger partial charge in [-0.2, -0.15) is 0 Å². The van der Waals surface area contributed by atoms with Crippen LogP contribution >= 0.6 is 23.4 Å². The highest BCUT2D eigenvalue weighted by Gasteiger charge is 2.14. The topological polar surface area (TPSA) is 29.1 Å². The minimum atomic E-state index is -0.499. The Morgan fingerprint density at radius 3 is 2.67 bits per heavy atom. The molecule has 0 bridgehead atoms. The van der Waals surface area contributed by atoms with E-state index in [4.69, 9.17) is 11.6 Å². The first-order valence-electron chi connectivity index (χ1n) is 6.47. The van der Waals surface area contributed by atoms with E-state index in [9.17, 15) is 9.18 Å². The number of benzene rings is 2. The van der Waals surface area contributed by atoms with E-state index in [-0.39, 0.29) is 16.2 Å². The summed E-state index contributed by atoms with van der Waals surface area (Å²) < 4.78 is 13.1. The van der Waals surface area contributed by atoms with E-state index in [0.717, 1.165) is 5.75 Å². The molecule has 0 saturated carbocycles. The largest absolute Gasteiger partial charge is 0.325 e. The van der Waals surface area contributed by atoms with Gasteiger partial charge in [0.05, 0.1) is 10.3 Å². The molecule has 0 aliphatic carbocycles. The molecular formula is C16H15ClFNOS. The third kappa shape index (κ3) is 4.76. The van der Waals surface area contributed by atoms with Gasteiger partial charge in [-0.05, 0) is 30.7 Å². The van der Waals surface area contributed by atoms with Crippen molar-refractivity contribution in [1.29, 1.82) is 0 Å². The molecule has 1 unspecified atom stereocenters. The Morgan fingerprint density at radius 2 is 2.00 bits per heavy atom. The number of anilines is 1. The van der Waals surface area contributed by atoms with Crippen LogP contribution in [-0.2, 0) is 10.5 Å². The van der Waals surface area contributed by atoms with Gasteiger partial charge in [0, 0.05) is 11.4 Å². The Morgan fingerprint density at radius 1 is 1.29 bits per heavy atom. The number of rotatable bonds is 5. The predicted octanol–water partition coefficient (Wildman–Crippen LogP) is 4.74. The van der Waals surface area contributed by atoms with E-state index >= 15 is 0 Å². The zero-order chi connectivity index (χ0) is 15.2. The Kier molecular flexibility index (Phi) is 5.65. The van der Waals surface area contributed by atoms with Crippen LogP contribution in [0.5, 0.6) is 0 Å². The molecule has 1 N–H and O–H groups in total. The second kappa shape index (κ2) is 7.48. The number of carbonyl (C=O) groups is 1. The highest BCUT2D eigenvalue weighted by molar-refractivity contribution is 7.99. The summed E-state index contributed by atoms with van der Waals surface area (Å²) in [6, 6.07) is 14.1. The fourth-order valence-corrected chi connectivity index (χ4v) is 2.71. The summed E-state index contributed by atoms with van der Waals surface area (Å²) in [5, 5.41) is 2.52. The minimum Gasteiger partial charge on any atom is -0.325 e. The average Bonchev–Trinajstić information content (AvgIpc) is 2.49. The number of amides is 1. The molecule has 21 heavy (non-hydrogen) atoms. The number of carbonyl (C=O) groups excluding carboxylic acids is 1. The SMILES string of the molecule is CC(SCc1ccccc1)C(=O)Nc1ccc(F)c(Cl)c1. The summed E-state index contributed by atoms with van der Waals surface area (Å²) in [7, 11) is 0. The lowest BCUT2D eigenvalue weighted by atomic mass is 10.2. The molecule has 5 heteroatoms. The van der Waals surface area contributed by atoms with Crippen LogP contribution in [0.15, 0.2) is 48.5 Å². The van der Waals surface area contributed by atoms with Crippen LogP contribution in [0.1, 0.15) is 12.5 Å². The summed E-state index contributed by atoms with van der Waals surface area (Å²) in [5.74, 6) is 0.138. The van der Waals surface area contributed by atoms with Crippen molar-refractivity contribution in [3.63, 3.8) is 0 Å². The molecule has 2 rings (SSSR count). The smallest absolute Gasteiger partial charge is 0.237 e. The molecule has 2 aromatic carbocycles. The molecule has 0 spiro atoms. The van der Waals surface area contributed by atoms with Gasteiger partial charge in [-0.3, -0.25) is 4.79 Å². The van der Waals surface area contributed by atoms with Gasteiger partial charge in [0.1, 0.15) is 5.82 Å². The molecule has 0 radical (unpaired) electrons. The number of hydrogen-bond donors (Lipinski definition) is 1. The fourth-order valence-electron chi connectivity index (χ4n) is 1.69. The van der Waals surface area contributed by atoms with Crippen LogP contribution in [0.25, 0.3) is 0 Å². The third-order valence-electron chi connectivity index (χ3n) is 2.90. The van der Waals surface area contributed by atoms with Crippen molar-refractivity contribution in [3.05, 3.63) is 64.9 Å². The van der Waals surface area contributed by atoms with Crippen LogP contribution in [0.2, 0.25) is 5.02 Å². The van der Waals surface area contributed by atoms with Crippen LogP contribution in [-0.4, -0.2) is 11.2 Å². The Bertz CT molecular complexity index is 621. The third-order valence-corrected chi connectivity index (χ3v) is 4.40. The normalized spacial score (nSPS) is 12.0. The van der Waals surface area contributed by atoms with Crippen molar-refractivity contribution in [1.82, 2.24) is 0 Å². The Hall–Kier alpha value is -1.52. The van der Waals surface area contributed by atoms with Crippen molar-refractivity contribution < 1.29 is 9.18 Å². The number of hydrogen-bond acceptors (Lipinski definition) is 2. The molecule has 0 fully saturated rings. The van der Waals surface area contributed by atoms with Gasteiger partial charge in [-0.1, -0.05) is 41.9 Å². The molecule has 2 nitrogen and oxygen atoms in total. The van der Waals surface area contributed by atoms with Gasteiger partial charge in [-0.25, -0.2) is 4.39 Å². The summed E-state index contributed by atoms with van der Waals surface area (Å²) in [4.78, 5) is 12.1. The molecular weight excluding hydrogens is 309 g/mol. The van der Waals surface area contributed by atoms with Crippen molar-refractivity contribution in [2.75, 3.05) is 5.32 Å². The molecule has 1 atom stereocenters. The van der Waals surface area contributed by atoms with Crippen molar-refractivity contribution in [2.45, 2.75) is 17.9 Å². The first kappa shape index (κ1) is 15.9. The standard InChI is InChI=1S/C16H15ClFNOS/c1-11(21-10-12-5-3-2-4-6-12)16(20)19-13-7-8-15(18)14(17)9-13/h2-9,11H,10H2,1H3,(H,19,20). The number of nitrogens with one attached hydrogen (secondary N) is 1. The van der Waals surface area contributed by atoms with Gasteiger partial charge >= 0.3 is 0 Å². The average molecular weight is 324 g/mol. The van der Waals surface area contributed by atoms with E-state index < -0.39 is 5.82 Å². The van der Waals surface area contributed by atoms with Crippen LogP contribution in [0.3, 0.4) is 0 Å². The summed E-state index contributed by atoms with van der Waals surface area (Å²) in [6.45, 7) is 1.84. The molecule has 110 valence electrons. The van der Waals surface area contributed by atoms with Crippen LogP contribution in [0, 0.1) is 5.82 Å². The van der Waals surface area contributed by atoms with E-state index in [0.29, 0.717) is 5.69 Å². The Balaban J connectivity index is 1.89. The Labute approximate surface area is 132 Å². The fraction of sp³-hybridized carbons (Fsp3) is 0.188. The van der Waals surface area contributed by atoms with Gasteiger partial charge in [-0.15, -0.1) is 11.8 Å². The molecule has 0 saturated heterocycles. The number of thioether (sulfide) groups is 1. The van der Waals surface area contributed by atoms with Gasteiger partial charge < -0.3 is 5.32 Å². The van der Waals surface area contributed by atoms with Gasteiger partial charge in [0.15, 0.2) is 0 Å². The summed E-state index contributed by atoms with van der Waals surface area (Å²) >= 11 is 7.23. The van der Waals surface area contributed by atoms with E-state index in [1.54, 1.807) is 11.8 Å². The highest BCUT2D eigenvalue weighted by atomic mass is 35.5. The van der Waals surface area contributed by atoms with E-state index in [1.165, 1.54) is 23.8 Å². The second-order valence-electron chi connectivity index (χ2n) is 4.56. The molecule has 0 aromatic heterocycles. The van der Waals surface area contributed by atoms with Crippen molar-refractivity contribution in [2.24, 2.45) is 0 Å². The lowest BCUT2D eigenvalue weighted by molar-refractivity contribution is -0.115. The maximum atomic E-state index is 13.1. The number of halogens is 2. The van der Waals surface area contributed by atoms with E-state index in [2.05, 4.69) is 5.32 Å². The summed E-state index contributed by atoms with van der Waals surface area (Å²) in [6.07, 6.45) is 0. The predicted molar refractivity (Wildman–Crippen MR) is 87.2 cm³/mol. The zero-order valence-corrected chi connectivity index (χ0v) is 13.0. The second-order valence-corrected chi connectivity index (χ2v) is 6.29. The first-order valence-corrected chi connectivity index (χ1v) is 7.90. The van der Waals surface area contributed by atoms with E-state index in [1.807, 2.05) is 37.3 Å². The van der Waals surface area contributed by atoms with Crippen molar-refractivity contribution in [3.8, 4) is 0 Å². The molecule has 0 aliphatic rings. The van der Waals surface area contributed by atoms with Gasteiger partial charge in [0.2, 0.25) is 5.91 Å². The highest BCUT2D eigenvalue weighted by Crippen LogP contribution is 2.22. The maximum absolute atomic E-state index is 13.1. The quantitative estimate of drug-likeness (QED) is 0.861. The van der Waals surface area contributed by atoms with Crippen LogP contribution < -0.4 is 5.32 Å². The summed E-state index contributed by atoms with van der Waals surface area (Å²) in [5.41, 5.74) is 1.67. The lowest BCUT2D eigenvalue weighted by Crippen LogP contribution is -2.22. The lowest BCUT2D eigenvalue weighted by Gasteiger charge is -2.12. The molecule has 0 aliphatic heterocycles. The zero-order valence-electron chi connectivity index (χ0n) is 11.5. The minimum absolute atomic E-state index is 0.00242. The maximum Gasteiger partial charge on any atom is 0.237 e. The molecule has 2 aromatic rings. The monoisotopic (exact) mass is 323 g/mol. The van der Waals surface area contributed by atoms with Gasteiger partial charge in [0.25, 0.3) is 0 Å². The molecule has 0 heterocycles. The van der Waals surface area contributed by atoms with Crippen LogP contribution in [0.4, 0.5) is 10.1 Å².